The number of urea groups is 1. The van der Waals surface area contributed by atoms with Gasteiger partial charge in [0.25, 0.3) is 5.91 Å². The fourth-order valence-corrected chi connectivity index (χ4v) is 1.83. The number of benzene rings is 1. The maximum atomic E-state index is 12.3. The van der Waals surface area contributed by atoms with E-state index in [1.54, 1.807) is 25.2 Å². The van der Waals surface area contributed by atoms with Crippen LogP contribution in [-0.4, -0.2) is 51.0 Å². The zero-order chi connectivity index (χ0) is 18.1. The molecule has 1 aromatic carbocycles. The predicted octanol–water partition coefficient (Wildman–Crippen LogP) is 1.33. The summed E-state index contributed by atoms with van der Waals surface area (Å²) in [6.45, 7) is 1.63. The number of hydrogen-bond acceptors (Lipinski definition) is 5. The average Bonchev–Trinajstić information content (AvgIpc) is 2.56. The Morgan fingerprint density at radius 2 is 1.83 bits per heavy atom. The van der Waals surface area contributed by atoms with E-state index in [-0.39, 0.29) is 18.8 Å². The maximum absolute atomic E-state index is 12.3. The molecule has 8 heteroatoms. The molecule has 0 heterocycles. The number of imide groups is 1. The lowest BCUT2D eigenvalue weighted by molar-refractivity contribution is -0.132. The number of carboxylic acids is 1. The quantitative estimate of drug-likeness (QED) is 0.460. The number of aromatic hydroxyl groups is 1. The lowest BCUT2D eigenvalue weighted by Gasteiger charge is -2.23. The first-order valence-electron chi connectivity index (χ1n) is 7.10. The number of rotatable bonds is 6. The van der Waals surface area contributed by atoms with E-state index in [4.69, 9.17) is 10.4 Å². The summed E-state index contributed by atoms with van der Waals surface area (Å²) in [5.74, 6) is -2.05. The fraction of sp³-hybridized carbons (Fsp3) is 0.250. The van der Waals surface area contributed by atoms with Crippen molar-refractivity contribution in [3.05, 3.63) is 42.0 Å². The SMILES string of the molecule is CCN(C#N)C(=O)N(CCc1ccc(O)cc1)C(=O)C=CC(=O)O. The first-order chi connectivity index (χ1) is 11.4. The van der Waals surface area contributed by atoms with Gasteiger partial charge in [0, 0.05) is 25.2 Å². The summed E-state index contributed by atoms with van der Waals surface area (Å²) in [6.07, 6.45) is 3.36. The van der Waals surface area contributed by atoms with Crippen LogP contribution in [0.25, 0.3) is 0 Å². The molecular weight excluding hydrogens is 314 g/mol. The molecule has 8 nitrogen and oxygen atoms in total. The number of phenols is 1. The Hall–Kier alpha value is -3.34. The Bertz CT molecular complexity index is 676. The Morgan fingerprint density at radius 3 is 2.33 bits per heavy atom. The standard InChI is InChI=1S/C16H17N3O5/c1-2-18(11-17)16(24)19(14(21)7-8-15(22)23)10-9-12-3-5-13(20)6-4-12/h3-8,20H,2,9-10H2,1H3,(H,22,23). The van der Waals surface area contributed by atoms with Crippen molar-refractivity contribution >= 4 is 17.9 Å². The highest BCUT2D eigenvalue weighted by Crippen LogP contribution is 2.11. The molecule has 2 N–H and O–H groups in total. The van der Waals surface area contributed by atoms with Crippen molar-refractivity contribution in [2.24, 2.45) is 0 Å². The number of amides is 3. The maximum Gasteiger partial charge on any atom is 0.340 e. The van der Waals surface area contributed by atoms with Gasteiger partial charge < -0.3 is 10.2 Å². The van der Waals surface area contributed by atoms with E-state index >= 15 is 0 Å². The number of carbonyl (C=O) groups is 3. The number of phenolic OH excluding ortho intramolecular Hbond substituents is 1. The van der Waals surface area contributed by atoms with Gasteiger partial charge in [0.1, 0.15) is 5.75 Å². The summed E-state index contributed by atoms with van der Waals surface area (Å²) in [7, 11) is 0. The van der Waals surface area contributed by atoms with Crippen molar-refractivity contribution < 1.29 is 24.6 Å². The summed E-state index contributed by atoms with van der Waals surface area (Å²) < 4.78 is 0. The Morgan fingerprint density at radius 1 is 1.21 bits per heavy atom. The smallest absolute Gasteiger partial charge is 0.340 e. The highest BCUT2D eigenvalue weighted by molar-refractivity contribution is 6.02. The summed E-state index contributed by atoms with van der Waals surface area (Å²) in [5, 5.41) is 26.8. The molecule has 0 spiro atoms. The number of aliphatic carboxylic acids is 1. The minimum Gasteiger partial charge on any atom is -0.508 e. The molecule has 0 aliphatic heterocycles. The average molecular weight is 331 g/mol. The molecule has 0 radical (unpaired) electrons. The van der Waals surface area contributed by atoms with Gasteiger partial charge in [-0.15, -0.1) is 0 Å². The number of carboxylic acid groups (broad SMARTS) is 1. The van der Waals surface area contributed by atoms with Gasteiger partial charge in [-0.3, -0.25) is 9.69 Å². The van der Waals surface area contributed by atoms with Gasteiger partial charge in [-0.05, 0) is 31.0 Å². The Labute approximate surface area is 138 Å². The van der Waals surface area contributed by atoms with Crippen LogP contribution in [0.2, 0.25) is 0 Å². The lowest BCUT2D eigenvalue weighted by Crippen LogP contribution is -2.44. The van der Waals surface area contributed by atoms with Gasteiger partial charge in [-0.2, -0.15) is 5.26 Å². The molecule has 0 aromatic heterocycles. The number of carbonyl (C=O) groups excluding carboxylic acids is 2. The van der Waals surface area contributed by atoms with E-state index in [9.17, 15) is 19.5 Å². The molecule has 0 saturated heterocycles. The third-order valence-electron chi connectivity index (χ3n) is 3.09. The van der Waals surface area contributed by atoms with Crippen LogP contribution in [0, 0.1) is 11.5 Å². The fourth-order valence-electron chi connectivity index (χ4n) is 1.83. The predicted molar refractivity (Wildman–Crippen MR) is 83.7 cm³/mol. The van der Waals surface area contributed by atoms with Crippen LogP contribution in [0.4, 0.5) is 4.79 Å². The first kappa shape index (κ1) is 18.7. The third kappa shape index (κ3) is 5.46. The summed E-state index contributed by atoms with van der Waals surface area (Å²) in [5.41, 5.74) is 0.764. The van der Waals surface area contributed by atoms with Gasteiger partial charge in [0.05, 0.1) is 0 Å². The van der Waals surface area contributed by atoms with Gasteiger partial charge in [0.15, 0.2) is 6.19 Å². The molecule has 0 atom stereocenters. The number of nitriles is 1. The van der Waals surface area contributed by atoms with Crippen LogP contribution in [0.15, 0.2) is 36.4 Å². The molecule has 0 unspecified atom stereocenters. The second-order valence-corrected chi connectivity index (χ2v) is 4.70. The minimum absolute atomic E-state index is 0.0371. The second-order valence-electron chi connectivity index (χ2n) is 4.70. The molecule has 0 bridgehead atoms. The topological polar surface area (TPSA) is 122 Å². The monoisotopic (exact) mass is 331 g/mol. The summed E-state index contributed by atoms with van der Waals surface area (Å²) >= 11 is 0. The van der Waals surface area contributed by atoms with Crippen LogP contribution >= 0.6 is 0 Å². The van der Waals surface area contributed by atoms with Gasteiger partial charge >= 0.3 is 12.0 Å². The molecule has 1 aromatic rings. The third-order valence-corrected chi connectivity index (χ3v) is 3.09. The molecule has 0 fully saturated rings. The van der Waals surface area contributed by atoms with E-state index in [0.717, 1.165) is 21.4 Å². The normalized spacial score (nSPS) is 10.2. The Balaban J connectivity index is 2.93. The molecule has 0 saturated carbocycles. The van der Waals surface area contributed by atoms with E-state index in [2.05, 4.69) is 0 Å². The van der Waals surface area contributed by atoms with E-state index in [0.29, 0.717) is 12.5 Å². The van der Waals surface area contributed by atoms with Crippen molar-refractivity contribution in [1.82, 2.24) is 9.80 Å². The van der Waals surface area contributed by atoms with Crippen molar-refractivity contribution in [1.29, 1.82) is 5.26 Å². The Kier molecular flexibility index (Phi) is 6.97. The molecule has 0 aliphatic rings. The summed E-state index contributed by atoms with van der Waals surface area (Å²) in [4.78, 5) is 36.5. The largest absolute Gasteiger partial charge is 0.508 e. The zero-order valence-electron chi connectivity index (χ0n) is 13.0. The number of hydrogen-bond donors (Lipinski definition) is 2. The zero-order valence-corrected chi connectivity index (χ0v) is 13.0. The minimum atomic E-state index is -1.32. The lowest BCUT2D eigenvalue weighted by atomic mass is 10.1. The van der Waals surface area contributed by atoms with Crippen molar-refractivity contribution in [3.63, 3.8) is 0 Å². The summed E-state index contributed by atoms with van der Waals surface area (Å²) in [6, 6.07) is 5.40. The van der Waals surface area contributed by atoms with Crippen LogP contribution in [0.5, 0.6) is 5.75 Å². The van der Waals surface area contributed by atoms with E-state index in [1.807, 2.05) is 0 Å². The van der Waals surface area contributed by atoms with Crippen molar-refractivity contribution in [2.75, 3.05) is 13.1 Å². The molecule has 1 rings (SSSR count). The first-order valence-corrected chi connectivity index (χ1v) is 7.10. The molecule has 126 valence electrons. The van der Waals surface area contributed by atoms with Gasteiger partial charge in [0.2, 0.25) is 0 Å². The van der Waals surface area contributed by atoms with Gasteiger partial charge in [-0.1, -0.05) is 12.1 Å². The molecule has 24 heavy (non-hydrogen) atoms. The molecular formula is C16H17N3O5. The van der Waals surface area contributed by atoms with Gasteiger partial charge in [-0.25, -0.2) is 14.5 Å². The second kappa shape index (κ2) is 8.95. The van der Waals surface area contributed by atoms with E-state index in [1.165, 1.54) is 12.1 Å². The van der Waals surface area contributed by atoms with E-state index < -0.39 is 17.9 Å². The highest BCUT2D eigenvalue weighted by Gasteiger charge is 2.24. The van der Waals surface area contributed by atoms with Crippen LogP contribution in [0.1, 0.15) is 12.5 Å². The van der Waals surface area contributed by atoms with Crippen molar-refractivity contribution in [2.45, 2.75) is 13.3 Å². The molecule has 3 amide bonds. The van der Waals surface area contributed by atoms with Crippen molar-refractivity contribution in [3.8, 4) is 11.9 Å². The molecule has 0 aliphatic carbocycles. The highest BCUT2D eigenvalue weighted by atomic mass is 16.4. The number of nitrogens with zero attached hydrogens (tertiary/aromatic N) is 3. The van der Waals surface area contributed by atoms with Crippen LogP contribution in [0.3, 0.4) is 0 Å². The van der Waals surface area contributed by atoms with Crippen LogP contribution < -0.4 is 0 Å². The van der Waals surface area contributed by atoms with Crippen LogP contribution in [-0.2, 0) is 16.0 Å².